The Morgan fingerprint density at radius 1 is 0.650 bits per heavy atom. The number of esters is 1. The number of hydrogen-bond donors (Lipinski definition) is 4. The zero-order valence-electron chi connectivity index (χ0n) is 36.5. The van der Waals surface area contributed by atoms with E-state index < -0.39 is 59.8 Å². The van der Waals surface area contributed by atoms with E-state index in [0.29, 0.717) is 13.0 Å². The number of carbonyl (C=O) groups excluding carboxylic acids is 1. The van der Waals surface area contributed by atoms with Crippen molar-refractivity contribution in [3.8, 4) is 0 Å². The topological polar surface area (TPSA) is 178 Å². The van der Waals surface area contributed by atoms with Gasteiger partial charge in [0.25, 0.3) is 0 Å². The van der Waals surface area contributed by atoms with Crippen molar-refractivity contribution in [3.63, 3.8) is 0 Å². The van der Waals surface area contributed by atoms with Crippen LogP contribution < -0.4 is 0 Å². The van der Waals surface area contributed by atoms with Crippen molar-refractivity contribution in [1.82, 2.24) is 0 Å². The van der Waals surface area contributed by atoms with Crippen molar-refractivity contribution >= 4 is 16.4 Å². The van der Waals surface area contributed by atoms with E-state index in [4.69, 9.17) is 23.5 Å². The first-order valence-corrected chi connectivity index (χ1v) is 23.7. The lowest BCUT2D eigenvalue weighted by Crippen LogP contribution is -2.60. The molecule has 0 saturated carbocycles. The minimum atomic E-state index is -5.07. The van der Waals surface area contributed by atoms with Gasteiger partial charge in [-0.05, 0) is 83.5 Å². The van der Waals surface area contributed by atoms with Crippen LogP contribution in [0.25, 0.3) is 0 Å². The molecule has 4 N–H and O–H groups in total. The van der Waals surface area contributed by atoms with Crippen molar-refractivity contribution < 1.29 is 56.2 Å². The lowest BCUT2D eigenvalue weighted by Gasteiger charge is -2.41. The highest BCUT2D eigenvalue weighted by Gasteiger charge is 2.48. The highest BCUT2D eigenvalue weighted by molar-refractivity contribution is 7.80. The zero-order valence-corrected chi connectivity index (χ0v) is 37.3. The van der Waals surface area contributed by atoms with Crippen molar-refractivity contribution in [2.45, 2.75) is 179 Å². The molecule has 12 nitrogen and oxygen atoms in total. The summed E-state index contributed by atoms with van der Waals surface area (Å²) in [6.07, 6.45) is 40.6. The monoisotopic (exact) mass is 867 g/mol. The van der Waals surface area contributed by atoms with Gasteiger partial charge in [0.05, 0.1) is 19.8 Å². The Hall–Kier alpha value is -2.72. The van der Waals surface area contributed by atoms with Gasteiger partial charge in [-0.3, -0.25) is 9.35 Å². The Labute approximate surface area is 362 Å². The second-order valence-corrected chi connectivity index (χ2v) is 15.9. The van der Waals surface area contributed by atoms with Crippen molar-refractivity contribution in [2.24, 2.45) is 0 Å². The highest BCUT2D eigenvalue weighted by Crippen LogP contribution is 2.26. The van der Waals surface area contributed by atoms with Gasteiger partial charge in [-0.2, -0.15) is 8.42 Å². The second-order valence-electron chi connectivity index (χ2n) is 14.9. The molecule has 0 spiro atoms. The van der Waals surface area contributed by atoms with Gasteiger partial charge in [-0.15, -0.1) is 0 Å². The number of unbranched alkanes of at least 4 members (excludes halogenated alkanes) is 10. The van der Waals surface area contributed by atoms with Crippen LogP contribution in [0.5, 0.6) is 0 Å². The minimum absolute atomic E-state index is 0.0125. The van der Waals surface area contributed by atoms with Gasteiger partial charge in [-0.25, -0.2) is 4.18 Å². The summed E-state index contributed by atoms with van der Waals surface area (Å²) in [5.41, 5.74) is 0. The van der Waals surface area contributed by atoms with E-state index in [9.17, 15) is 28.5 Å². The van der Waals surface area contributed by atoms with E-state index in [1.54, 1.807) is 0 Å². The summed E-state index contributed by atoms with van der Waals surface area (Å²) in [4.78, 5) is 12.8. The van der Waals surface area contributed by atoms with Crippen molar-refractivity contribution in [2.75, 3.05) is 26.4 Å². The first-order valence-electron chi connectivity index (χ1n) is 22.3. The highest BCUT2D eigenvalue weighted by atomic mass is 32.3. The average molecular weight is 867 g/mol. The van der Waals surface area contributed by atoms with Crippen LogP contribution in [-0.2, 0) is 38.3 Å². The fourth-order valence-corrected chi connectivity index (χ4v) is 6.66. The van der Waals surface area contributed by atoms with Crippen LogP contribution in [-0.4, -0.2) is 97.5 Å². The lowest BCUT2D eigenvalue weighted by molar-refractivity contribution is -0.301. The summed E-state index contributed by atoms with van der Waals surface area (Å²) in [5.74, 6) is -0.433. The quantitative estimate of drug-likeness (QED) is 0.0202. The van der Waals surface area contributed by atoms with Crippen LogP contribution in [0.3, 0.4) is 0 Å². The summed E-state index contributed by atoms with van der Waals surface area (Å²) < 4.78 is 58.9. The Morgan fingerprint density at radius 3 is 1.70 bits per heavy atom. The maximum absolute atomic E-state index is 12.8. The first-order chi connectivity index (χ1) is 29.1. The van der Waals surface area contributed by atoms with Gasteiger partial charge in [0.15, 0.2) is 6.29 Å². The third-order valence-corrected chi connectivity index (χ3v) is 9.97. The molecule has 1 aliphatic rings. The van der Waals surface area contributed by atoms with Crippen LogP contribution >= 0.6 is 0 Å². The predicted molar refractivity (Wildman–Crippen MR) is 239 cm³/mol. The zero-order chi connectivity index (χ0) is 43.9. The van der Waals surface area contributed by atoms with Crippen LogP contribution in [0, 0.1) is 0 Å². The smallest absolute Gasteiger partial charge is 0.397 e. The van der Waals surface area contributed by atoms with Crippen LogP contribution in [0.15, 0.2) is 85.1 Å². The molecule has 0 aromatic carbocycles. The van der Waals surface area contributed by atoms with E-state index in [2.05, 4.69) is 103 Å². The fourth-order valence-electron chi connectivity index (χ4n) is 6.15. The van der Waals surface area contributed by atoms with E-state index >= 15 is 0 Å². The predicted octanol–water partition coefficient (Wildman–Crippen LogP) is 9.29. The molecule has 13 heteroatoms. The molecule has 1 saturated heterocycles. The molecule has 1 aliphatic heterocycles. The number of ether oxygens (including phenoxy) is 4. The van der Waals surface area contributed by atoms with E-state index in [1.807, 2.05) is 0 Å². The summed E-state index contributed by atoms with van der Waals surface area (Å²) in [6.45, 7) is 3.67. The van der Waals surface area contributed by atoms with Crippen LogP contribution in [0.4, 0.5) is 0 Å². The first kappa shape index (κ1) is 55.3. The Kier molecular flexibility index (Phi) is 35.0. The molecule has 0 aromatic rings. The summed E-state index contributed by atoms with van der Waals surface area (Å²) in [6, 6.07) is 0. The summed E-state index contributed by atoms with van der Waals surface area (Å²) in [5, 5.41) is 30.6. The molecule has 0 bridgehead atoms. The number of aliphatic hydroxyl groups excluding tert-OH is 3. The molecule has 60 heavy (non-hydrogen) atoms. The summed E-state index contributed by atoms with van der Waals surface area (Å²) >= 11 is 0. The minimum Gasteiger partial charge on any atom is -0.457 e. The third-order valence-electron chi connectivity index (χ3n) is 9.50. The van der Waals surface area contributed by atoms with Crippen LogP contribution in [0.2, 0.25) is 0 Å². The largest absolute Gasteiger partial charge is 0.457 e. The second kappa shape index (κ2) is 38.0. The van der Waals surface area contributed by atoms with Gasteiger partial charge in [-0.1, -0.05) is 137 Å². The van der Waals surface area contributed by atoms with Crippen molar-refractivity contribution in [3.05, 3.63) is 85.1 Å². The molecule has 0 radical (unpaired) electrons. The number of hydrogen-bond acceptors (Lipinski definition) is 11. The molecule has 1 heterocycles. The molecule has 1 rings (SSSR count). The number of aliphatic hydroxyl groups is 3. The van der Waals surface area contributed by atoms with Gasteiger partial charge in [0, 0.05) is 13.0 Å². The van der Waals surface area contributed by atoms with Gasteiger partial charge in [0.2, 0.25) is 0 Å². The molecule has 0 aromatic heterocycles. The number of allylic oxidation sites excluding steroid dienone is 14. The number of rotatable bonds is 37. The van der Waals surface area contributed by atoms with Crippen LogP contribution in [0.1, 0.15) is 142 Å². The Morgan fingerprint density at radius 2 is 1.15 bits per heavy atom. The molecule has 6 unspecified atom stereocenters. The molecule has 344 valence electrons. The molecule has 0 amide bonds. The molecule has 6 atom stereocenters. The summed E-state index contributed by atoms with van der Waals surface area (Å²) in [7, 11) is -5.07. The SMILES string of the molecule is CC/C=C\C/C=C\C/C=C\C/C=C\C/C=C\C/C=C\CCCOCC(COC1OC(CO)C(O)C(OS(=O)(=O)O)C1O)OC(=O)CCCCCCC/C=C\CCCCCC. The normalized spacial score (nSPS) is 21.1. The maximum atomic E-state index is 12.8. The molecular formula is C47H78O12S. The van der Waals surface area contributed by atoms with Gasteiger partial charge < -0.3 is 34.3 Å². The Balaban J connectivity index is 2.49. The maximum Gasteiger partial charge on any atom is 0.397 e. The average Bonchev–Trinajstić information content (AvgIpc) is 3.22. The van der Waals surface area contributed by atoms with E-state index in [1.165, 1.54) is 25.7 Å². The molecular weight excluding hydrogens is 789 g/mol. The standard InChI is InChI=1S/C47H78O12S/c1-3-5-7-9-11-13-15-17-18-19-20-21-22-23-25-27-29-31-33-35-37-55-39-41(40-56-47-45(51)46(59-60(52,53)54)44(50)42(38-48)58-47)57-43(49)36-34-32-30-28-26-24-16-14-12-10-8-6-4-2/h5,7,11,13-14,16-18,20-21,23,25,29,31,41-42,44-48,50-51H,3-4,6,8-10,12,15,19,22,24,26-28,30,32-40H2,1-2H3,(H,52,53,54)/b7-5-,13-11-,16-14-,18-17-,21-20-,25-23-,31-29-. The fraction of sp³-hybridized carbons (Fsp3) is 0.681. The van der Waals surface area contributed by atoms with Gasteiger partial charge in [0.1, 0.15) is 30.5 Å². The molecule has 1 fully saturated rings. The van der Waals surface area contributed by atoms with E-state index in [-0.39, 0.29) is 19.6 Å². The number of carbonyl (C=O) groups is 1. The van der Waals surface area contributed by atoms with Crippen molar-refractivity contribution in [1.29, 1.82) is 0 Å². The Bertz CT molecular complexity index is 1370. The molecule has 0 aliphatic carbocycles. The van der Waals surface area contributed by atoms with E-state index in [0.717, 1.165) is 89.9 Å². The lowest BCUT2D eigenvalue weighted by atomic mass is 9.99. The third kappa shape index (κ3) is 31.2. The van der Waals surface area contributed by atoms with Gasteiger partial charge >= 0.3 is 16.4 Å².